The lowest BCUT2D eigenvalue weighted by Gasteiger charge is -2.09. The lowest BCUT2D eigenvalue weighted by molar-refractivity contribution is 0.658. The molecule has 0 aliphatic heterocycles. The normalized spacial score (nSPS) is 13.1. The average Bonchev–Trinajstić information content (AvgIpc) is 2.61. The number of anilines is 1. The van der Waals surface area contributed by atoms with Crippen LogP contribution < -0.4 is 5.73 Å². The first kappa shape index (κ1) is 12.2. The number of nitrogens with two attached hydrogens (primary N) is 1. The van der Waals surface area contributed by atoms with E-state index in [0.29, 0.717) is 11.2 Å². The summed E-state index contributed by atoms with van der Waals surface area (Å²) in [6.45, 7) is 5.11. The molecule has 2 N–H and O–H groups in total. The summed E-state index contributed by atoms with van der Waals surface area (Å²) in [5.74, 6) is 0.561. The van der Waals surface area contributed by atoms with E-state index in [1.54, 1.807) is 0 Å². The topological polar surface area (TPSA) is 56.7 Å². The lowest BCUT2D eigenvalue weighted by Crippen LogP contribution is -2.08. The summed E-state index contributed by atoms with van der Waals surface area (Å²) in [4.78, 5) is 8.77. The highest BCUT2D eigenvalue weighted by atomic mass is 32.2. The Morgan fingerprint density at radius 1 is 1.53 bits per heavy atom. The van der Waals surface area contributed by atoms with Crippen molar-refractivity contribution in [1.29, 1.82) is 0 Å². The van der Waals surface area contributed by atoms with Crippen molar-refractivity contribution in [3.8, 4) is 0 Å². The number of nitrogen functional groups attached to an aromatic ring is 1. The van der Waals surface area contributed by atoms with Crippen LogP contribution in [0.4, 0.5) is 5.95 Å². The van der Waals surface area contributed by atoms with Crippen LogP contribution in [0.2, 0.25) is 0 Å². The number of rotatable bonds is 4. The van der Waals surface area contributed by atoms with Gasteiger partial charge in [-0.05, 0) is 31.2 Å². The van der Waals surface area contributed by atoms with E-state index in [0.717, 1.165) is 29.7 Å². The summed E-state index contributed by atoms with van der Waals surface area (Å²) in [5, 5.41) is 0.622. The maximum atomic E-state index is 5.94. The fraction of sp³-hybridized carbons (Fsp3) is 0.500. The summed E-state index contributed by atoms with van der Waals surface area (Å²) in [7, 11) is 0. The quantitative estimate of drug-likeness (QED) is 0.905. The summed E-state index contributed by atoms with van der Waals surface area (Å²) >= 11 is 1.87. The summed E-state index contributed by atoms with van der Waals surface area (Å²) in [5.41, 5.74) is 8.83. The van der Waals surface area contributed by atoms with Crippen LogP contribution in [0.25, 0.3) is 11.2 Å². The third-order valence-corrected chi connectivity index (χ3v) is 3.95. The molecule has 0 spiro atoms. The molecule has 1 unspecified atom stereocenters. The predicted molar refractivity (Wildman–Crippen MR) is 74.3 cm³/mol. The van der Waals surface area contributed by atoms with Crippen LogP contribution in [0.3, 0.4) is 0 Å². The maximum absolute atomic E-state index is 5.94. The van der Waals surface area contributed by atoms with Crippen molar-refractivity contribution in [3.63, 3.8) is 0 Å². The van der Waals surface area contributed by atoms with E-state index in [9.17, 15) is 0 Å². The molecule has 0 saturated carbocycles. The molecule has 0 radical (unpaired) electrons. The van der Waals surface area contributed by atoms with E-state index in [-0.39, 0.29) is 0 Å². The first-order valence-electron chi connectivity index (χ1n) is 5.73. The number of hydrogen-bond donors (Lipinski definition) is 1. The molecule has 0 fully saturated rings. The number of aromatic nitrogens is 3. The van der Waals surface area contributed by atoms with Gasteiger partial charge in [-0.3, -0.25) is 4.57 Å². The molecule has 0 bridgehead atoms. The monoisotopic (exact) mass is 250 g/mol. The highest BCUT2D eigenvalue weighted by molar-refractivity contribution is 7.99. The van der Waals surface area contributed by atoms with Crippen molar-refractivity contribution >= 4 is 28.9 Å². The van der Waals surface area contributed by atoms with Gasteiger partial charge < -0.3 is 5.73 Å². The number of pyridine rings is 1. The Kier molecular flexibility index (Phi) is 3.57. The lowest BCUT2D eigenvalue weighted by atomic mass is 10.3. The van der Waals surface area contributed by atoms with E-state index in [2.05, 4.69) is 23.1 Å². The highest BCUT2D eigenvalue weighted by Gasteiger charge is 2.10. The molecule has 2 heterocycles. The van der Waals surface area contributed by atoms with Crippen molar-refractivity contribution in [2.75, 3.05) is 12.0 Å². The Morgan fingerprint density at radius 3 is 3.00 bits per heavy atom. The van der Waals surface area contributed by atoms with Gasteiger partial charge in [0.05, 0.1) is 0 Å². The number of fused-ring (bicyclic) bond motifs is 1. The van der Waals surface area contributed by atoms with E-state index in [1.807, 2.05) is 35.5 Å². The third-order valence-electron chi connectivity index (χ3n) is 2.91. The summed E-state index contributed by atoms with van der Waals surface area (Å²) in [6.07, 6.45) is 5.06. The standard InChI is InChI=1S/C12H18N4S/c1-8-6-10-11(14-7-8)16(12(13)15-10)5-4-9(2)17-3/h6-7,9H,4-5H2,1-3H3,(H2,13,15). The van der Waals surface area contributed by atoms with E-state index < -0.39 is 0 Å². The molecule has 0 aromatic carbocycles. The van der Waals surface area contributed by atoms with Crippen molar-refractivity contribution < 1.29 is 0 Å². The highest BCUT2D eigenvalue weighted by Crippen LogP contribution is 2.19. The zero-order valence-electron chi connectivity index (χ0n) is 10.5. The average molecular weight is 250 g/mol. The second-order valence-corrected chi connectivity index (χ2v) is 5.59. The van der Waals surface area contributed by atoms with Gasteiger partial charge in [-0.25, -0.2) is 9.97 Å². The fourth-order valence-electron chi connectivity index (χ4n) is 1.78. The van der Waals surface area contributed by atoms with Gasteiger partial charge in [0.1, 0.15) is 5.52 Å². The van der Waals surface area contributed by atoms with Gasteiger partial charge in [0.25, 0.3) is 0 Å². The van der Waals surface area contributed by atoms with Crippen molar-refractivity contribution in [1.82, 2.24) is 14.5 Å². The van der Waals surface area contributed by atoms with Gasteiger partial charge in [0.15, 0.2) is 5.65 Å². The molecule has 2 aromatic rings. The molecular formula is C12H18N4S. The van der Waals surface area contributed by atoms with Crippen molar-refractivity contribution in [3.05, 3.63) is 17.8 Å². The first-order chi connectivity index (χ1) is 8.11. The molecule has 0 amide bonds. The molecule has 0 aliphatic rings. The van der Waals surface area contributed by atoms with E-state index >= 15 is 0 Å². The largest absolute Gasteiger partial charge is 0.369 e. The fourth-order valence-corrected chi connectivity index (χ4v) is 2.12. The van der Waals surface area contributed by atoms with Gasteiger partial charge >= 0.3 is 0 Å². The van der Waals surface area contributed by atoms with E-state index in [4.69, 9.17) is 5.73 Å². The van der Waals surface area contributed by atoms with Crippen LogP contribution in [-0.4, -0.2) is 26.0 Å². The first-order valence-corrected chi connectivity index (χ1v) is 7.01. The predicted octanol–water partition coefficient (Wildman–Crippen LogP) is 2.46. The van der Waals surface area contributed by atoms with E-state index in [1.165, 1.54) is 0 Å². The van der Waals surface area contributed by atoms with Gasteiger partial charge in [-0.1, -0.05) is 6.92 Å². The van der Waals surface area contributed by atoms with Crippen LogP contribution in [-0.2, 0) is 6.54 Å². The molecule has 0 aliphatic carbocycles. The second kappa shape index (κ2) is 4.96. The van der Waals surface area contributed by atoms with Gasteiger partial charge in [0, 0.05) is 18.0 Å². The Balaban J connectivity index is 2.30. The van der Waals surface area contributed by atoms with Crippen LogP contribution in [0.15, 0.2) is 12.3 Å². The van der Waals surface area contributed by atoms with Gasteiger partial charge in [-0.2, -0.15) is 11.8 Å². The molecule has 2 rings (SSSR count). The number of imidazole rings is 1. The Morgan fingerprint density at radius 2 is 2.29 bits per heavy atom. The molecule has 2 aromatic heterocycles. The molecule has 1 atom stereocenters. The molecule has 92 valence electrons. The van der Waals surface area contributed by atoms with Crippen LogP contribution in [0.1, 0.15) is 18.9 Å². The third kappa shape index (κ3) is 2.54. The van der Waals surface area contributed by atoms with Gasteiger partial charge in [0.2, 0.25) is 5.95 Å². The molecule has 5 heteroatoms. The summed E-state index contributed by atoms with van der Waals surface area (Å²) < 4.78 is 2.00. The molecule has 4 nitrogen and oxygen atoms in total. The van der Waals surface area contributed by atoms with Gasteiger partial charge in [-0.15, -0.1) is 0 Å². The Labute approximate surface area is 106 Å². The minimum atomic E-state index is 0.561. The number of nitrogens with zero attached hydrogens (tertiary/aromatic N) is 3. The van der Waals surface area contributed by atoms with Crippen LogP contribution in [0, 0.1) is 6.92 Å². The smallest absolute Gasteiger partial charge is 0.202 e. The van der Waals surface area contributed by atoms with Crippen molar-refractivity contribution in [2.24, 2.45) is 0 Å². The maximum Gasteiger partial charge on any atom is 0.202 e. The van der Waals surface area contributed by atoms with Crippen molar-refractivity contribution in [2.45, 2.75) is 32.1 Å². The molecular weight excluding hydrogens is 232 g/mol. The number of thioether (sulfide) groups is 1. The molecule has 0 saturated heterocycles. The Bertz CT molecular complexity index is 520. The van der Waals surface area contributed by atoms with Crippen LogP contribution in [0.5, 0.6) is 0 Å². The van der Waals surface area contributed by atoms with Crippen LogP contribution >= 0.6 is 11.8 Å². The Hall–Kier alpha value is -1.23. The second-order valence-electron chi connectivity index (χ2n) is 4.31. The number of hydrogen-bond acceptors (Lipinski definition) is 4. The minimum Gasteiger partial charge on any atom is -0.369 e. The zero-order valence-corrected chi connectivity index (χ0v) is 11.3. The summed E-state index contributed by atoms with van der Waals surface area (Å²) in [6, 6.07) is 2.02. The SMILES string of the molecule is CSC(C)CCn1c(N)nc2cc(C)cnc21. The number of aryl methyl sites for hydroxylation is 2. The minimum absolute atomic E-state index is 0.561. The zero-order chi connectivity index (χ0) is 12.4. The molecule has 17 heavy (non-hydrogen) atoms.